The maximum absolute atomic E-state index is 12.8. The molecule has 1 saturated heterocycles. The van der Waals surface area contributed by atoms with Gasteiger partial charge in [0, 0.05) is 33.2 Å². The number of sulfonamides is 1. The molecule has 0 radical (unpaired) electrons. The largest absolute Gasteiger partial charge is 0.359 e. The van der Waals surface area contributed by atoms with Crippen molar-refractivity contribution in [2.45, 2.75) is 37.4 Å². The van der Waals surface area contributed by atoms with E-state index in [-0.39, 0.29) is 17.1 Å². The fraction of sp³-hybridized carbons (Fsp3) is 0.929. The average Bonchev–Trinajstić information content (AvgIpc) is 2.69. The van der Waals surface area contributed by atoms with Gasteiger partial charge in [-0.3, -0.25) is 4.79 Å². The molecular weight excluding hydrogens is 290 g/mol. The minimum absolute atomic E-state index is 0.0763. The molecule has 7 heteroatoms. The minimum atomic E-state index is -3.28. The summed E-state index contributed by atoms with van der Waals surface area (Å²) >= 11 is 0. The van der Waals surface area contributed by atoms with Crippen LogP contribution in [0.4, 0.5) is 0 Å². The lowest BCUT2D eigenvalue weighted by molar-refractivity contribution is -0.124. The van der Waals surface area contributed by atoms with E-state index in [0.717, 1.165) is 32.1 Å². The molecule has 1 heterocycles. The molecule has 1 saturated carbocycles. The van der Waals surface area contributed by atoms with Gasteiger partial charge in [-0.1, -0.05) is 19.3 Å². The Balaban J connectivity index is 2.14. The standard InChI is InChI=1S/C14H27N3O3S/c1-15-14(18)12-10-16(2)8-9-17(11-12)21(19,20)13-6-4-3-5-7-13/h12-13H,3-11H2,1-2H3,(H,15,18). The Morgan fingerprint density at radius 1 is 1.10 bits per heavy atom. The number of hydrogen-bond donors (Lipinski definition) is 1. The van der Waals surface area contributed by atoms with Crippen molar-refractivity contribution in [2.24, 2.45) is 5.92 Å². The normalized spacial score (nSPS) is 27.2. The maximum Gasteiger partial charge on any atom is 0.225 e. The van der Waals surface area contributed by atoms with Crippen molar-refractivity contribution in [1.82, 2.24) is 14.5 Å². The van der Waals surface area contributed by atoms with Gasteiger partial charge in [-0.05, 0) is 19.9 Å². The Kier molecular flexibility index (Phi) is 5.62. The Morgan fingerprint density at radius 3 is 2.38 bits per heavy atom. The van der Waals surface area contributed by atoms with E-state index in [1.165, 1.54) is 0 Å². The molecule has 2 aliphatic rings. The highest BCUT2D eigenvalue weighted by atomic mass is 32.2. The SMILES string of the molecule is CNC(=O)C1CN(C)CCN(S(=O)(=O)C2CCCCC2)C1. The quantitative estimate of drug-likeness (QED) is 0.810. The first-order valence-corrected chi connectivity index (χ1v) is 9.34. The van der Waals surface area contributed by atoms with Gasteiger partial charge < -0.3 is 10.2 Å². The Morgan fingerprint density at radius 2 is 1.76 bits per heavy atom. The van der Waals surface area contributed by atoms with Crippen LogP contribution in [0.15, 0.2) is 0 Å². The molecule has 0 aromatic rings. The summed E-state index contributed by atoms with van der Waals surface area (Å²) < 4.78 is 27.2. The second-order valence-electron chi connectivity index (χ2n) is 6.24. The fourth-order valence-corrected chi connectivity index (χ4v) is 5.39. The fourth-order valence-electron chi connectivity index (χ4n) is 3.32. The van der Waals surface area contributed by atoms with Gasteiger partial charge in [0.15, 0.2) is 0 Å². The average molecular weight is 317 g/mol. The summed E-state index contributed by atoms with van der Waals surface area (Å²) in [4.78, 5) is 14.0. The van der Waals surface area contributed by atoms with Crippen LogP contribution in [0.3, 0.4) is 0 Å². The summed E-state index contributed by atoms with van der Waals surface area (Å²) in [5.74, 6) is -0.367. The molecule has 0 spiro atoms. The molecule has 21 heavy (non-hydrogen) atoms. The highest BCUT2D eigenvalue weighted by Gasteiger charge is 2.37. The van der Waals surface area contributed by atoms with E-state index < -0.39 is 10.0 Å². The molecule has 122 valence electrons. The summed E-state index contributed by atoms with van der Waals surface area (Å²) in [5.41, 5.74) is 0. The van der Waals surface area contributed by atoms with Gasteiger partial charge in [0.25, 0.3) is 0 Å². The predicted molar refractivity (Wildman–Crippen MR) is 82.4 cm³/mol. The lowest BCUT2D eigenvalue weighted by Crippen LogP contribution is -2.45. The van der Waals surface area contributed by atoms with E-state index in [1.807, 2.05) is 11.9 Å². The molecule has 0 aromatic carbocycles. The summed E-state index contributed by atoms with van der Waals surface area (Å²) in [6.07, 6.45) is 4.65. The van der Waals surface area contributed by atoms with Crippen LogP contribution in [0.5, 0.6) is 0 Å². The molecule has 0 aromatic heterocycles. The molecule has 1 unspecified atom stereocenters. The molecule has 2 rings (SSSR count). The van der Waals surface area contributed by atoms with Crippen LogP contribution in [0.2, 0.25) is 0 Å². The van der Waals surface area contributed by atoms with Crippen molar-refractivity contribution < 1.29 is 13.2 Å². The second kappa shape index (κ2) is 7.07. The van der Waals surface area contributed by atoms with Crippen LogP contribution < -0.4 is 5.32 Å². The Hall–Kier alpha value is -0.660. The number of hydrogen-bond acceptors (Lipinski definition) is 4. The third-order valence-corrected chi connectivity index (χ3v) is 7.00. The van der Waals surface area contributed by atoms with Gasteiger partial charge in [0.1, 0.15) is 0 Å². The summed E-state index contributed by atoms with van der Waals surface area (Å²) in [5, 5.41) is 2.40. The van der Waals surface area contributed by atoms with Crippen molar-refractivity contribution in [3.63, 3.8) is 0 Å². The van der Waals surface area contributed by atoms with Crippen molar-refractivity contribution in [1.29, 1.82) is 0 Å². The molecule has 1 atom stereocenters. The van der Waals surface area contributed by atoms with Crippen LogP contribution >= 0.6 is 0 Å². The number of carbonyl (C=O) groups is 1. The number of rotatable bonds is 3. The zero-order valence-corrected chi connectivity index (χ0v) is 13.9. The highest BCUT2D eigenvalue weighted by Crippen LogP contribution is 2.27. The zero-order chi connectivity index (χ0) is 15.5. The van der Waals surface area contributed by atoms with E-state index in [0.29, 0.717) is 26.2 Å². The van der Waals surface area contributed by atoms with Crippen LogP contribution in [0, 0.1) is 5.92 Å². The van der Waals surface area contributed by atoms with Gasteiger partial charge in [0.05, 0.1) is 11.2 Å². The molecule has 1 N–H and O–H groups in total. The van der Waals surface area contributed by atoms with Gasteiger partial charge in [0.2, 0.25) is 15.9 Å². The van der Waals surface area contributed by atoms with Crippen LogP contribution in [0.1, 0.15) is 32.1 Å². The predicted octanol–water partition coefficient (Wildman–Crippen LogP) is 0.259. The lowest BCUT2D eigenvalue weighted by Gasteiger charge is -2.29. The van der Waals surface area contributed by atoms with Crippen molar-refractivity contribution in [2.75, 3.05) is 40.3 Å². The number of amides is 1. The summed E-state index contributed by atoms with van der Waals surface area (Å²) in [6, 6.07) is 0. The first-order valence-electron chi connectivity index (χ1n) is 7.84. The van der Waals surface area contributed by atoms with E-state index in [2.05, 4.69) is 5.32 Å². The van der Waals surface area contributed by atoms with E-state index in [9.17, 15) is 13.2 Å². The summed E-state index contributed by atoms with van der Waals surface area (Å²) in [6.45, 7) is 2.08. The van der Waals surface area contributed by atoms with E-state index in [1.54, 1.807) is 11.4 Å². The smallest absolute Gasteiger partial charge is 0.225 e. The first-order chi connectivity index (χ1) is 9.95. The molecule has 2 fully saturated rings. The first kappa shape index (κ1) is 16.7. The number of likely N-dealkylation sites (N-methyl/N-ethyl adjacent to an activating group) is 1. The zero-order valence-electron chi connectivity index (χ0n) is 13.0. The van der Waals surface area contributed by atoms with Crippen molar-refractivity contribution >= 4 is 15.9 Å². The van der Waals surface area contributed by atoms with Crippen LogP contribution in [-0.2, 0) is 14.8 Å². The van der Waals surface area contributed by atoms with Crippen LogP contribution in [0.25, 0.3) is 0 Å². The molecule has 0 bridgehead atoms. The second-order valence-corrected chi connectivity index (χ2v) is 8.45. The third kappa shape index (κ3) is 3.96. The number of nitrogens with zero attached hydrogens (tertiary/aromatic N) is 2. The van der Waals surface area contributed by atoms with Gasteiger partial charge in [-0.2, -0.15) is 4.31 Å². The maximum atomic E-state index is 12.8. The van der Waals surface area contributed by atoms with Gasteiger partial charge in [-0.25, -0.2) is 8.42 Å². The molecule has 6 nitrogen and oxygen atoms in total. The minimum Gasteiger partial charge on any atom is -0.359 e. The van der Waals surface area contributed by atoms with E-state index in [4.69, 9.17) is 0 Å². The molecular formula is C14H27N3O3S. The van der Waals surface area contributed by atoms with Crippen molar-refractivity contribution in [3.8, 4) is 0 Å². The molecule has 1 aliphatic heterocycles. The lowest BCUT2D eigenvalue weighted by atomic mass is 10.0. The van der Waals surface area contributed by atoms with Crippen molar-refractivity contribution in [3.05, 3.63) is 0 Å². The summed E-state index contributed by atoms with van der Waals surface area (Å²) in [7, 11) is 0.262. The molecule has 1 amide bonds. The third-order valence-electron chi connectivity index (χ3n) is 4.64. The van der Waals surface area contributed by atoms with Gasteiger partial charge in [-0.15, -0.1) is 0 Å². The number of nitrogens with one attached hydrogen (secondary N) is 1. The number of carbonyl (C=O) groups excluding carboxylic acids is 1. The highest BCUT2D eigenvalue weighted by molar-refractivity contribution is 7.89. The Bertz CT molecular complexity index is 460. The monoisotopic (exact) mass is 317 g/mol. The Labute approximate surface area is 127 Å². The topological polar surface area (TPSA) is 69.7 Å². The van der Waals surface area contributed by atoms with Gasteiger partial charge >= 0.3 is 0 Å². The van der Waals surface area contributed by atoms with Crippen LogP contribution in [-0.4, -0.2) is 69.1 Å². The molecule has 1 aliphatic carbocycles. The van der Waals surface area contributed by atoms with E-state index >= 15 is 0 Å².